The van der Waals surface area contributed by atoms with E-state index in [0.29, 0.717) is 45.1 Å². The smallest absolute Gasteiger partial charge is 0.414 e. The molecule has 2 amide bonds. The number of pyridine rings is 1. The molecule has 0 unspecified atom stereocenters. The van der Waals surface area contributed by atoms with Crippen molar-refractivity contribution in [3.8, 4) is 11.5 Å². The molecule has 10 heteroatoms. The van der Waals surface area contributed by atoms with Crippen LogP contribution >= 0.6 is 0 Å². The number of aromatic amines is 1. The Hall–Kier alpha value is -4.73. The molecule has 0 aliphatic rings. The number of amides is 2. The van der Waals surface area contributed by atoms with E-state index >= 15 is 0 Å². The minimum absolute atomic E-state index is 0.124. The molecule has 0 bridgehead atoms. The largest absolute Gasteiger partial charge is 0.465 e. The highest BCUT2D eigenvalue weighted by Crippen LogP contribution is 2.31. The first kappa shape index (κ1) is 22.1. The third-order valence-electron chi connectivity index (χ3n) is 5.60. The highest BCUT2D eigenvalue weighted by atomic mass is 16.4. The van der Waals surface area contributed by atoms with Crippen molar-refractivity contribution in [1.29, 1.82) is 0 Å². The molecular weight excluding hydrogens is 448 g/mol. The quantitative estimate of drug-likeness (QED) is 0.335. The molecule has 10 nitrogen and oxygen atoms in total. The summed E-state index contributed by atoms with van der Waals surface area (Å²) in [5, 5.41) is 12.7. The van der Waals surface area contributed by atoms with Gasteiger partial charge in [0.2, 0.25) is 5.89 Å². The number of rotatable bonds is 5. The fourth-order valence-corrected chi connectivity index (χ4v) is 3.98. The predicted molar refractivity (Wildman–Crippen MR) is 130 cm³/mol. The number of carbonyl (C=O) groups excluding carboxylic acids is 1. The highest BCUT2D eigenvalue weighted by Gasteiger charge is 2.23. The Bertz CT molecular complexity index is 1600. The number of carboxylic acid groups (broad SMARTS) is 1. The second kappa shape index (κ2) is 8.56. The monoisotopic (exact) mass is 470 g/mol. The molecule has 2 aromatic carbocycles. The van der Waals surface area contributed by atoms with Crippen LogP contribution in [0.5, 0.6) is 0 Å². The van der Waals surface area contributed by atoms with Gasteiger partial charge >= 0.3 is 6.09 Å². The average Bonchev–Trinajstić information content (AvgIpc) is 3.44. The number of carbonyl (C=O) groups is 2. The summed E-state index contributed by atoms with van der Waals surface area (Å²) in [6.45, 7) is 3.57. The lowest BCUT2D eigenvalue weighted by molar-refractivity contribution is 0.0729. The predicted octanol–water partition coefficient (Wildman–Crippen LogP) is 4.75. The van der Waals surface area contributed by atoms with Crippen LogP contribution in [0.1, 0.15) is 27.3 Å². The van der Waals surface area contributed by atoms with Crippen molar-refractivity contribution in [2.24, 2.45) is 0 Å². The molecule has 5 aromatic rings. The lowest BCUT2D eigenvalue weighted by atomic mass is 10.1. The van der Waals surface area contributed by atoms with Crippen molar-refractivity contribution in [3.63, 3.8) is 0 Å². The zero-order chi connectivity index (χ0) is 24.7. The topological polar surface area (TPSA) is 137 Å². The molecule has 5 rings (SSSR count). The Morgan fingerprint density at radius 1 is 1.06 bits per heavy atom. The number of aromatic nitrogens is 4. The normalized spacial score (nSPS) is 11.2. The fourth-order valence-electron chi connectivity index (χ4n) is 3.98. The summed E-state index contributed by atoms with van der Waals surface area (Å²) in [5.41, 5.74) is 4.64. The van der Waals surface area contributed by atoms with E-state index in [1.54, 1.807) is 49.5 Å². The number of hydrogen-bond acceptors (Lipinski definition) is 7. The van der Waals surface area contributed by atoms with Gasteiger partial charge < -0.3 is 19.8 Å². The summed E-state index contributed by atoms with van der Waals surface area (Å²) in [5.74, 6) is 1.05. The first-order valence-corrected chi connectivity index (χ1v) is 10.9. The van der Waals surface area contributed by atoms with Crippen molar-refractivity contribution in [2.45, 2.75) is 20.4 Å². The number of imide groups is 1. The lowest BCUT2D eigenvalue weighted by Gasteiger charge is -2.18. The van der Waals surface area contributed by atoms with Gasteiger partial charge in [0.05, 0.1) is 6.54 Å². The van der Waals surface area contributed by atoms with Gasteiger partial charge in [-0.3, -0.25) is 4.79 Å². The van der Waals surface area contributed by atoms with E-state index in [1.807, 2.05) is 19.9 Å². The number of H-pyrrole nitrogens is 1. The maximum Gasteiger partial charge on any atom is 0.414 e. The number of anilines is 1. The molecule has 3 N–H and O–H groups in total. The summed E-state index contributed by atoms with van der Waals surface area (Å²) in [4.78, 5) is 42.4. The molecule has 3 heterocycles. The number of aryl methyl sites for hydroxylation is 2. The molecule has 3 aromatic heterocycles. The number of hydrogen-bond donors (Lipinski definition) is 3. The van der Waals surface area contributed by atoms with E-state index in [2.05, 4.69) is 25.3 Å². The number of imidazole rings is 1. The Balaban J connectivity index is 1.50. The Morgan fingerprint density at radius 3 is 2.60 bits per heavy atom. The summed E-state index contributed by atoms with van der Waals surface area (Å²) in [6, 6.07) is 13.9. The molecule has 0 aliphatic heterocycles. The number of fused-ring (bicyclic) bond motifs is 3. The van der Waals surface area contributed by atoms with E-state index < -0.39 is 12.0 Å². The molecular formula is C25H22N6O4. The number of oxazole rings is 1. The van der Waals surface area contributed by atoms with E-state index in [0.717, 1.165) is 21.8 Å². The third kappa shape index (κ3) is 4.05. The van der Waals surface area contributed by atoms with E-state index in [9.17, 15) is 14.7 Å². The molecule has 0 radical (unpaired) electrons. The first-order chi connectivity index (χ1) is 16.8. The second-order valence-electron chi connectivity index (χ2n) is 8.17. The van der Waals surface area contributed by atoms with Crippen LogP contribution in [0, 0.1) is 13.8 Å². The van der Waals surface area contributed by atoms with Crippen LogP contribution in [0.4, 0.5) is 10.6 Å². The van der Waals surface area contributed by atoms with Crippen molar-refractivity contribution in [3.05, 3.63) is 71.0 Å². The second-order valence-corrected chi connectivity index (χ2v) is 8.17. The molecule has 0 aliphatic carbocycles. The molecule has 176 valence electrons. The minimum atomic E-state index is -1.33. The van der Waals surface area contributed by atoms with Gasteiger partial charge in [0.15, 0.2) is 11.3 Å². The standard InChI is InChI=1S/C25H22N6O4/c1-13-6-4-9-17(10-13)24(32)31(25(33)34)12-15-7-5-8-16(11-15)22-29-20-18-19(28-14(2)27-18)21(26-3)30-23(20)35-22/h4-11H,12H2,1-3H3,(H,26,30)(H,27,28)(H,33,34). The van der Waals surface area contributed by atoms with Crippen molar-refractivity contribution >= 4 is 40.1 Å². The van der Waals surface area contributed by atoms with Gasteiger partial charge in [-0.15, -0.1) is 0 Å². The molecule has 35 heavy (non-hydrogen) atoms. The van der Waals surface area contributed by atoms with Crippen LogP contribution in [0.15, 0.2) is 52.9 Å². The van der Waals surface area contributed by atoms with Crippen molar-refractivity contribution in [2.75, 3.05) is 12.4 Å². The zero-order valence-electron chi connectivity index (χ0n) is 19.3. The van der Waals surface area contributed by atoms with E-state index in [1.165, 1.54) is 0 Å². The lowest BCUT2D eigenvalue weighted by Crippen LogP contribution is -2.35. The van der Waals surface area contributed by atoms with Crippen LogP contribution in [-0.2, 0) is 6.54 Å². The first-order valence-electron chi connectivity index (χ1n) is 10.9. The Morgan fingerprint density at radius 2 is 1.86 bits per heavy atom. The molecule has 0 spiro atoms. The average molecular weight is 470 g/mol. The van der Waals surface area contributed by atoms with Crippen molar-refractivity contribution < 1.29 is 19.1 Å². The van der Waals surface area contributed by atoms with E-state index in [-0.39, 0.29) is 6.54 Å². The van der Waals surface area contributed by atoms with Gasteiger partial charge in [0, 0.05) is 18.2 Å². The number of benzene rings is 2. The van der Waals surface area contributed by atoms with Crippen LogP contribution < -0.4 is 5.32 Å². The van der Waals surface area contributed by atoms with E-state index in [4.69, 9.17) is 4.42 Å². The van der Waals surface area contributed by atoms with Gasteiger partial charge in [-0.05, 0) is 43.7 Å². The number of nitrogens with zero attached hydrogens (tertiary/aromatic N) is 4. The molecule has 0 saturated heterocycles. The Kier molecular flexibility index (Phi) is 5.40. The van der Waals surface area contributed by atoms with Crippen LogP contribution in [0.3, 0.4) is 0 Å². The van der Waals surface area contributed by atoms with Gasteiger partial charge in [-0.1, -0.05) is 29.8 Å². The van der Waals surface area contributed by atoms with Gasteiger partial charge in [-0.2, -0.15) is 4.98 Å². The van der Waals surface area contributed by atoms with Crippen LogP contribution in [0.2, 0.25) is 0 Å². The summed E-state index contributed by atoms with van der Waals surface area (Å²) >= 11 is 0. The van der Waals surface area contributed by atoms with Gasteiger partial charge in [0.1, 0.15) is 16.9 Å². The summed E-state index contributed by atoms with van der Waals surface area (Å²) in [6.07, 6.45) is -1.33. The maximum atomic E-state index is 12.9. The Labute approximate surface area is 199 Å². The van der Waals surface area contributed by atoms with Gasteiger partial charge in [-0.25, -0.2) is 19.7 Å². The molecule has 0 fully saturated rings. The van der Waals surface area contributed by atoms with Crippen LogP contribution in [0.25, 0.3) is 33.7 Å². The fraction of sp³-hybridized carbons (Fsp3) is 0.160. The van der Waals surface area contributed by atoms with Crippen molar-refractivity contribution in [1.82, 2.24) is 24.8 Å². The summed E-state index contributed by atoms with van der Waals surface area (Å²) < 4.78 is 5.94. The number of nitrogens with one attached hydrogen (secondary N) is 2. The minimum Gasteiger partial charge on any atom is -0.465 e. The third-order valence-corrected chi connectivity index (χ3v) is 5.60. The zero-order valence-corrected chi connectivity index (χ0v) is 19.3. The highest BCUT2D eigenvalue weighted by molar-refractivity contribution is 6.04. The maximum absolute atomic E-state index is 12.9. The molecule has 0 atom stereocenters. The molecule has 0 saturated carbocycles. The van der Waals surface area contributed by atoms with Gasteiger partial charge in [0.25, 0.3) is 11.6 Å². The van der Waals surface area contributed by atoms with Crippen LogP contribution in [-0.4, -0.2) is 49.0 Å². The SMILES string of the molecule is CNc1nc2oc(-c3cccc(CN(C(=O)O)C(=O)c4cccc(C)c4)c3)nc2c2nc(C)[nH]c12. The summed E-state index contributed by atoms with van der Waals surface area (Å²) in [7, 11) is 1.76.